The van der Waals surface area contributed by atoms with Crippen molar-refractivity contribution in [1.82, 2.24) is 0 Å². The summed E-state index contributed by atoms with van der Waals surface area (Å²) in [7, 11) is 1.17. The first-order valence-electron chi connectivity index (χ1n) is 7.92. The molecule has 0 amide bonds. The third kappa shape index (κ3) is 2.63. The maximum absolute atomic E-state index is 6.52. The summed E-state index contributed by atoms with van der Waals surface area (Å²) in [4.78, 5) is 0. The molecule has 4 atom stereocenters. The van der Waals surface area contributed by atoms with E-state index in [1.807, 2.05) is 7.11 Å². The van der Waals surface area contributed by atoms with Gasteiger partial charge in [0.25, 0.3) is 0 Å². The Morgan fingerprint density at radius 1 is 0.955 bits per heavy atom. The highest BCUT2D eigenvalue weighted by atomic mass is 31.1. The fourth-order valence-corrected chi connectivity index (χ4v) is 8.61. The van der Waals surface area contributed by atoms with Crippen molar-refractivity contribution >= 4 is 13.2 Å². The fourth-order valence-electron chi connectivity index (χ4n) is 4.59. The molecule has 122 valence electrons. The molecule has 3 nitrogen and oxygen atoms in total. The molecule has 2 saturated heterocycles. The maximum atomic E-state index is 6.52. The summed E-state index contributed by atoms with van der Waals surface area (Å²) in [6, 6.07) is 10.7. The number of methoxy groups -OCH3 is 1. The van der Waals surface area contributed by atoms with Gasteiger partial charge in [-0.3, -0.25) is 0 Å². The van der Waals surface area contributed by atoms with E-state index in [9.17, 15) is 0 Å². The van der Waals surface area contributed by atoms with Gasteiger partial charge < -0.3 is 14.2 Å². The highest BCUT2D eigenvalue weighted by molar-refractivity contribution is 7.68. The second-order valence-electron chi connectivity index (χ2n) is 7.68. The lowest BCUT2D eigenvalue weighted by Gasteiger charge is -2.63. The molecule has 2 heterocycles. The smallest absolute Gasteiger partial charge is 0.170 e. The first-order valence-corrected chi connectivity index (χ1v) is 9.27. The SMILES string of the molecule is COC1(C)CC2(C)OC(C)(C)CC(C)(O2)P1c1ccccc1. The molecule has 0 saturated carbocycles. The minimum atomic E-state index is -0.648. The van der Waals surface area contributed by atoms with Crippen LogP contribution in [0.15, 0.2) is 30.3 Å². The van der Waals surface area contributed by atoms with Crippen molar-refractivity contribution in [3.63, 3.8) is 0 Å². The van der Waals surface area contributed by atoms with Gasteiger partial charge in [0.2, 0.25) is 0 Å². The van der Waals surface area contributed by atoms with Crippen LogP contribution in [-0.4, -0.2) is 29.2 Å². The zero-order valence-corrected chi connectivity index (χ0v) is 15.4. The van der Waals surface area contributed by atoms with Crippen molar-refractivity contribution < 1.29 is 14.2 Å². The molecular weight excluding hydrogens is 295 g/mol. The van der Waals surface area contributed by atoms with Gasteiger partial charge in [-0.15, -0.1) is 0 Å². The minimum absolute atomic E-state index is 0.188. The second kappa shape index (κ2) is 5.01. The molecule has 1 aromatic carbocycles. The number of benzene rings is 1. The Kier molecular flexibility index (Phi) is 3.73. The Bertz CT molecular complexity index is 557. The number of fused-ring (bicyclic) bond motifs is 2. The van der Waals surface area contributed by atoms with E-state index in [-0.39, 0.29) is 16.3 Å². The number of ether oxygens (including phenoxy) is 3. The molecule has 4 unspecified atom stereocenters. The van der Waals surface area contributed by atoms with E-state index in [0.717, 1.165) is 12.8 Å². The van der Waals surface area contributed by atoms with Crippen LogP contribution < -0.4 is 5.30 Å². The van der Waals surface area contributed by atoms with Crippen molar-refractivity contribution in [3.8, 4) is 0 Å². The van der Waals surface area contributed by atoms with Crippen molar-refractivity contribution in [1.29, 1.82) is 0 Å². The third-order valence-electron chi connectivity index (χ3n) is 4.73. The first-order chi connectivity index (χ1) is 10.1. The van der Waals surface area contributed by atoms with Crippen molar-refractivity contribution in [2.75, 3.05) is 7.11 Å². The average Bonchev–Trinajstić information content (AvgIpc) is 2.35. The number of rotatable bonds is 2. The van der Waals surface area contributed by atoms with E-state index < -0.39 is 13.7 Å². The zero-order chi connectivity index (χ0) is 16.2. The zero-order valence-electron chi connectivity index (χ0n) is 14.5. The summed E-state index contributed by atoms with van der Waals surface area (Å²) in [5, 5.41) is 0.828. The quantitative estimate of drug-likeness (QED) is 0.764. The normalized spacial score (nSPS) is 43.8. The van der Waals surface area contributed by atoms with E-state index in [2.05, 4.69) is 65.0 Å². The average molecular weight is 322 g/mol. The summed E-state index contributed by atoms with van der Waals surface area (Å²) in [5.41, 5.74) is -0.188. The molecule has 22 heavy (non-hydrogen) atoms. The van der Waals surface area contributed by atoms with Crippen LogP contribution in [0.1, 0.15) is 47.5 Å². The van der Waals surface area contributed by atoms with Gasteiger partial charge >= 0.3 is 0 Å². The van der Waals surface area contributed by atoms with Gasteiger partial charge in [-0.1, -0.05) is 30.3 Å². The summed E-state index contributed by atoms with van der Waals surface area (Å²) < 4.78 is 18.9. The standard InChI is InChI=1S/C18H27O3P/c1-15(2)12-18(5)21-16(3,20-15)13-17(4,19-6)22(18)14-10-8-7-9-11-14/h7-11H,12-13H2,1-6H3. The predicted octanol–water partition coefficient (Wildman–Crippen LogP) is 4.21. The third-order valence-corrected chi connectivity index (χ3v) is 8.03. The Hall–Kier alpha value is -0.470. The van der Waals surface area contributed by atoms with Gasteiger partial charge in [-0.2, -0.15) is 0 Å². The summed E-state index contributed by atoms with van der Waals surface area (Å²) in [5.74, 6) is -0.588. The largest absolute Gasteiger partial charge is 0.373 e. The number of hydrogen-bond acceptors (Lipinski definition) is 3. The highest BCUT2D eigenvalue weighted by Crippen LogP contribution is 2.70. The van der Waals surface area contributed by atoms with Crippen LogP contribution in [0.3, 0.4) is 0 Å². The van der Waals surface area contributed by atoms with Gasteiger partial charge in [0.1, 0.15) is 0 Å². The highest BCUT2D eigenvalue weighted by Gasteiger charge is 2.63. The van der Waals surface area contributed by atoms with Gasteiger partial charge in [-0.05, 0) is 47.8 Å². The Morgan fingerprint density at radius 3 is 2.18 bits per heavy atom. The molecule has 4 heteroatoms. The molecule has 2 aliphatic heterocycles. The molecule has 0 N–H and O–H groups in total. The van der Waals surface area contributed by atoms with E-state index in [0.29, 0.717) is 0 Å². The van der Waals surface area contributed by atoms with Gasteiger partial charge in [-0.25, -0.2) is 0 Å². The lowest BCUT2D eigenvalue weighted by Crippen LogP contribution is -2.64. The molecule has 3 rings (SSSR count). The van der Waals surface area contributed by atoms with Crippen molar-refractivity contribution in [3.05, 3.63) is 30.3 Å². The van der Waals surface area contributed by atoms with E-state index in [4.69, 9.17) is 14.2 Å². The van der Waals surface area contributed by atoms with E-state index >= 15 is 0 Å². The van der Waals surface area contributed by atoms with Gasteiger partial charge in [0.15, 0.2) is 5.79 Å². The second-order valence-corrected chi connectivity index (χ2v) is 10.8. The topological polar surface area (TPSA) is 27.7 Å². The number of hydrogen-bond donors (Lipinski definition) is 0. The molecule has 2 bridgehead atoms. The summed E-state index contributed by atoms with van der Waals surface area (Å²) in [6.45, 7) is 10.8. The van der Waals surface area contributed by atoms with Crippen molar-refractivity contribution in [2.45, 2.75) is 69.5 Å². The maximum Gasteiger partial charge on any atom is 0.170 e. The molecule has 0 radical (unpaired) electrons. The van der Waals surface area contributed by atoms with Gasteiger partial charge in [0.05, 0.1) is 16.3 Å². The summed E-state index contributed by atoms with van der Waals surface area (Å²) in [6.07, 6.45) is 1.62. The summed E-state index contributed by atoms with van der Waals surface area (Å²) >= 11 is 0. The molecule has 1 aromatic rings. The van der Waals surface area contributed by atoms with Crippen LogP contribution in [0.25, 0.3) is 0 Å². The Labute approximate surface area is 135 Å². The molecule has 0 aromatic heterocycles. The monoisotopic (exact) mass is 322 g/mol. The van der Waals surface area contributed by atoms with Gasteiger partial charge in [0, 0.05) is 20.0 Å². The van der Waals surface area contributed by atoms with Crippen molar-refractivity contribution in [2.24, 2.45) is 0 Å². The van der Waals surface area contributed by atoms with E-state index in [1.54, 1.807) is 0 Å². The minimum Gasteiger partial charge on any atom is -0.373 e. The Balaban J connectivity index is 2.13. The van der Waals surface area contributed by atoms with Crippen LogP contribution in [-0.2, 0) is 14.2 Å². The molecule has 2 fully saturated rings. The molecular formula is C18H27O3P. The van der Waals surface area contributed by atoms with Crippen LogP contribution in [0.4, 0.5) is 0 Å². The Morgan fingerprint density at radius 2 is 1.59 bits per heavy atom. The van der Waals surface area contributed by atoms with Crippen LogP contribution in [0, 0.1) is 0 Å². The lowest BCUT2D eigenvalue weighted by atomic mass is 9.95. The first kappa shape index (κ1) is 16.4. The molecule has 0 spiro atoms. The van der Waals surface area contributed by atoms with E-state index in [1.165, 1.54) is 5.30 Å². The van der Waals surface area contributed by atoms with Crippen LogP contribution in [0.2, 0.25) is 0 Å². The van der Waals surface area contributed by atoms with Crippen LogP contribution >= 0.6 is 7.92 Å². The molecule has 0 aliphatic carbocycles. The lowest BCUT2D eigenvalue weighted by molar-refractivity contribution is -0.358. The predicted molar refractivity (Wildman–Crippen MR) is 90.7 cm³/mol. The fraction of sp³-hybridized carbons (Fsp3) is 0.667. The molecule has 2 aliphatic rings. The van der Waals surface area contributed by atoms with Crippen LogP contribution in [0.5, 0.6) is 0 Å².